The monoisotopic (exact) mass is 349 g/mol. The van der Waals surface area contributed by atoms with Gasteiger partial charge >= 0.3 is 6.03 Å². The molecule has 2 amide bonds. The van der Waals surface area contributed by atoms with Crippen LogP contribution in [-0.2, 0) is 6.54 Å². The number of aliphatic hydroxyl groups is 1. The molecule has 1 saturated heterocycles. The Morgan fingerprint density at radius 2 is 2.29 bits per heavy atom. The molecule has 0 bridgehead atoms. The second-order valence-corrected chi connectivity index (χ2v) is 6.80. The van der Waals surface area contributed by atoms with Crippen LogP contribution in [0.1, 0.15) is 24.6 Å². The summed E-state index contributed by atoms with van der Waals surface area (Å²) in [4.78, 5) is 18.4. The van der Waals surface area contributed by atoms with Gasteiger partial charge in [0.15, 0.2) is 5.82 Å². The van der Waals surface area contributed by atoms with E-state index in [9.17, 15) is 9.90 Å². The molecule has 3 heterocycles. The van der Waals surface area contributed by atoms with Gasteiger partial charge in [0.2, 0.25) is 0 Å². The Labute approximate surface area is 145 Å². The van der Waals surface area contributed by atoms with Gasteiger partial charge in [-0.25, -0.2) is 14.5 Å². The molecule has 0 radical (unpaired) electrons. The minimum atomic E-state index is -0.806. The molecule has 128 valence electrons. The number of carbonyl (C=O) groups is 1. The van der Waals surface area contributed by atoms with Crippen LogP contribution in [0.4, 0.5) is 4.79 Å². The first-order chi connectivity index (χ1) is 11.3. The van der Waals surface area contributed by atoms with Crippen molar-refractivity contribution in [2.75, 3.05) is 13.1 Å². The number of rotatable bonds is 3. The average Bonchev–Trinajstić information content (AvgIpc) is 3.11. The lowest BCUT2D eigenvalue weighted by atomic mass is 10.1. The summed E-state index contributed by atoms with van der Waals surface area (Å²) in [7, 11) is 0. The number of hydrogen-bond donors (Lipinski definition) is 2. The maximum absolute atomic E-state index is 12.3. The van der Waals surface area contributed by atoms with Gasteiger partial charge in [-0.1, -0.05) is 17.7 Å². The molecule has 8 heteroatoms. The van der Waals surface area contributed by atoms with Gasteiger partial charge in [-0.2, -0.15) is 5.10 Å². The van der Waals surface area contributed by atoms with Crippen LogP contribution in [-0.4, -0.2) is 49.5 Å². The van der Waals surface area contributed by atoms with Gasteiger partial charge in [-0.05, 0) is 26.3 Å². The highest BCUT2D eigenvalue weighted by molar-refractivity contribution is 6.30. The standard InChI is InChI=1S/C16H20ClN5O2/c1-11-3-4-12(14(20-11)22-9-13(17)8-19-22)7-18-15(23)21-6-5-16(2,24)10-21/h3-4,8-9,24H,5-7,10H2,1-2H3,(H,18,23). The number of halogens is 1. The number of likely N-dealkylation sites (tertiary alicyclic amines) is 1. The summed E-state index contributed by atoms with van der Waals surface area (Å²) in [6.07, 6.45) is 3.80. The Bertz CT molecular complexity index is 759. The Balaban J connectivity index is 1.73. The molecule has 1 aliphatic heterocycles. The van der Waals surface area contributed by atoms with Crippen LogP contribution in [0.3, 0.4) is 0 Å². The second-order valence-electron chi connectivity index (χ2n) is 6.37. The molecule has 1 atom stereocenters. The highest BCUT2D eigenvalue weighted by atomic mass is 35.5. The molecule has 1 aliphatic rings. The predicted molar refractivity (Wildman–Crippen MR) is 90.2 cm³/mol. The van der Waals surface area contributed by atoms with Crippen molar-refractivity contribution in [1.29, 1.82) is 0 Å². The lowest BCUT2D eigenvalue weighted by molar-refractivity contribution is 0.0719. The first kappa shape index (κ1) is 16.7. The zero-order valence-electron chi connectivity index (χ0n) is 13.7. The Morgan fingerprint density at radius 1 is 1.50 bits per heavy atom. The van der Waals surface area contributed by atoms with E-state index < -0.39 is 5.60 Å². The molecule has 0 spiro atoms. The summed E-state index contributed by atoms with van der Waals surface area (Å²) in [6.45, 7) is 4.84. The molecular weight excluding hydrogens is 330 g/mol. The van der Waals surface area contributed by atoms with E-state index in [-0.39, 0.29) is 6.03 Å². The fourth-order valence-corrected chi connectivity index (χ4v) is 2.86. The van der Waals surface area contributed by atoms with Crippen molar-refractivity contribution in [3.63, 3.8) is 0 Å². The van der Waals surface area contributed by atoms with Gasteiger partial charge in [0.1, 0.15) is 0 Å². The number of nitrogens with one attached hydrogen (secondary N) is 1. The maximum Gasteiger partial charge on any atom is 0.317 e. The van der Waals surface area contributed by atoms with Crippen LogP contribution in [0.15, 0.2) is 24.5 Å². The molecule has 2 aromatic rings. The molecule has 24 heavy (non-hydrogen) atoms. The van der Waals surface area contributed by atoms with Gasteiger partial charge in [-0.3, -0.25) is 0 Å². The van der Waals surface area contributed by atoms with E-state index in [0.29, 0.717) is 36.9 Å². The van der Waals surface area contributed by atoms with Crippen molar-refractivity contribution in [2.24, 2.45) is 0 Å². The maximum atomic E-state index is 12.3. The fraction of sp³-hybridized carbons (Fsp3) is 0.438. The molecule has 2 aromatic heterocycles. The van der Waals surface area contributed by atoms with Crippen LogP contribution >= 0.6 is 11.6 Å². The van der Waals surface area contributed by atoms with E-state index in [2.05, 4.69) is 15.4 Å². The average molecular weight is 350 g/mol. The number of amides is 2. The summed E-state index contributed by atoms with van der Waals surface area (Å²) >= 11 is 5.93. The lowest BCUT2D eigenvalue weighted by Gasteiger charge is -2.20. The normalized spacial score (nSPS) is 20.4. The third-order valence-corrected chi connectivity index (χ3v) is 4.23. The Kier molecular flexibility index (Phi) is 4.47. The van der Waals surface area contributed by atoms with E-state index in [4.69, 9.17) is 11.6 Å². The number of hydrogen-bond acceptors (Lipinski definition) is 4. The van der Waals surface area contributed by atoms with Crippen LogP contribution in [0.25, 0.3) is 5.82 Å². The van der Waals surface area contributed by atoms with Crippen molar-refractivity contribution in [3.8, 4) is 5.82 Å². The van der Waals surface area contributed by atoms with Crippen LogP contribution in [0, 0.1) is 6.92 Å². The molecule has 0 aliphatic carbocycles. The number of aromatic nitrogens is 3. The van der Waals surface area contributed by atoms with E-state index in [1.807, 2.05) is 19.1 Å². The number of β-amino-alcohol motifs (C(OH)–C–C–N with tert-alkyl or cyclic N) is 1. The van der Waals surface area contributed by atoms with Crippen molar-refractivity contribution in [3.05, 3.63) is 40.8 Å². The van der Waals surface area contributed by atoms with E-state index in [1.54, 1.807) is 28.9 Å². The van der Waals surface area contributed by atoms with Gasteiger partial charge in [0.25, 0.3) is 0 Å². The smallest absolute Gasteiger partial charge is 0.317 e. The topological polar surface area (TPSA) is 83.3 Å². The Hall–Kier alpha value is -2.12. The highest BCUT2D eigenvalue weighted by Crippen LogP contribution is 2.20. The number of carbonyl (C=O) groups excluding carboxylic acids is 1. The summed E-state index contributed by atoms with van der Waals surface area (Å²) in [6, 6.07) is 3.60. The van der Waals surface area contributed by atoms with Gasteiger partial charge in [0, 0.05) is 24.3 Å². The number of pyridine rings is 1. The zero-order chi connectivity index (χ0) is 17.3. The summed E-state index contributed by atoms with van der Waals surface area (Å²) < 4.78 is 1.59. The summed E-state index contributed by atoms with van der Waals surface area (Å²) in [5.41, 5.74) is 0.877. The van der Waals surface area contributed by atoms with Crippen molar-refractivity contribution in [2.45, 2.75) is 32.4 Å². The molecule has 7 nitrogen and oxygen atoms in total. The highest BCUT2D eigenvalue weighted by Gasteiger charge is 2.33. The minimum Gasteiger partial charge on any atom is -0.388 e. The van der Waals surface area contributed by atoms with E-state index in [0.717, 1.165) is 11.3 Å². The molecule has 0 saturated carbocycles. The Morgan fingerprint density at radius 3 is 2.92 bits per heavy atom. The van der Waals surface area contributed by atoms with Crippen LogP contribution in [0.2, 0.25) is 5.02 Å². The van der Waals surface area contributed by atoms with E-state index in [1.165, 1.54) is 0 Å². The van der Waals surface area contributed by atoms with Crippen LogP contribution in [0.5, 0.6) is 0 Å². The molecule has 2 N–H and O–H groups in total. The quantitative estimate of drug-likeness (QED) is 0.886. The van der Waals surface area contributed by atoms with Gasteiger partial charge in [-0.15, -0.1) is 0 Å². The lowest BCUT2D eigenvalue weighted by Crippen LogP contribution is -2.40. The third kappa shape index (κ3) is 3.68. The second kappa shape index (κ2) is 6.41. The number of urea groups is 1. The minimum absolute atomic E-state index is 0.196. The summed E-state index contributed by atoms with van der Waals surface area (Å²) in [5, 5.41) is 17.5. The first-order valence-electron chi connectivity index (χ1n) is 7.76. The number of nitrogens with zero attached hydrogens (tertiary/aromatic N) is 4. The first-order valence-corrected chi connectivity index (χ1v) is 8.14. The zero-order valence-corrected chi connectivity index (χ0v) is 14.4. The number of aryl methyl sites for hydroxylation is 1. The summed E-state index contributed by atoms with van der Waals surface area (Å²) in [5.74, 6) is 0.635. The SMILES string of the molecule is Cc1ccc(CNC(=O)N2CCC(C)(O)C2)c(-n2cc(Cl)cn2)n1. The molecule has 1 fully saturated rings. The molecular formula is C16H20ClN5O2. The van der Waals surface area contributed by atoms with Gasteiger partial charge < -0.3 is 15.3 Å². The van der Waals surface area contributed by atoms with Crippen molar-refractivity contribution in [1.82, 2.24) is 25.0 Å². The van der Waals surface area contributed by atoms with Crippen LogP contribution < -0.4 is 5.32 Å². The van der Waals surface area contributed by atoms with Crippen molar-refractivity contribution >= 4 is 17.6 Å². The fourth-order valence-electron chi connectivity index (χ4n) is 2.73. The van der Waals surface area contributed by atoms with Gasteiger partial charge in [0.05, 0.1) is 29.6 Å². The predicted octanol–water partition coefficient (Wildman–Crippen LogP) is 1.90. The molecule has 0 aromatic carbocycles. The van der Waals surface area contributed by atoms with Crippen molar-refractivity contribution < 1.29 is 9.90 Å². The third-order valence-electron chi connectivity index (χ3n) is 4.03. The van der Waals surface area contributed by atoms with E-state index >= 15 is 0 Å². The molecule has 3 rings (SSSR count). The molecule has 1 unspecified atom stereocenters. The largest absolute Gasteiger partial charge is 0.388 e.